The number of tetrazole rings is 1. The third-order valence-corrected chi connectivity index (χ3v) is 3.81. The number of methoxy groups -OCH3 is 1. The molecule has 0 aliphatic rings. The van der Waals surface area contributed by atoms with E-state index in [1.54, 1.807) is 6.07 Å². The molecule has 9 heteroatoms. The van der Waals surface area contributed by atoms with Crippen molar-refractivity contribution in [3.8, 4) is 11.4 Å². The fourth-order valence-electron chi connectivity index (χ4n) is 2.20. The number of hydrogen-bond donors (Lipinski definition) is 1. The summed E-state index contributed by atoms with van der Waals surface area (Å²) >= 11 is 0. The van der Waals surface area contributed by atoms with E-state index in [4.69, 9.17) is 4.74 Å². The molecule has 0 aliphatic carbocycles. The number of nitrogens with zero attached hydrogens (tertiary/aromatic N) is 4. The van der Waals surface area contributed by atoms with E-state index < -0.39 is 23.7 Å². The Balaban J connectivity index is 2.04. The number of esters is 1. The first kappa shape index (κ1) is 18.5. The Morgan fingerprint density at radius 3 is 2.80 bits per heavy atom. The number of rotatable bonds is 7. The van der Waals surface area contributed by atoms with Gasteiger partial charge in [-0.3, -0.25) is 4.79 Å². The largest absolute Gasteiger partial charge is 0.467 e. The van der Waals surface area contributed by atoms with Crippen LogP contribution in [-0.2, 0) is 20.9 Å². The van der Waals surface area contributed by atoms with E-state index in [2.05, 4.69) is 20.7 Å². The SMILES string of the molecule is CCC(C)C(NC(=O)Cn1nnc(-c2cccc(F)c2)n1)C(=O)OC. The van der Waals surface area contributed by atoms with Gasteiger partial charge in [0.1, 0.15) is 18.4 Å². The van der Waals surface area contributed by atoms with Crippen LogP contribution in [0.4, 0.5) is 4.39 Å². The standard InChI is InChI=1S/C16H20FN5O3/c1-4-10(2)14(16(24)25-3)18-13(23)9-22-20-15(19-21-22)11-6-5-7-12(17)8-11/h5-8,10,14H,4,9H2,1-3H3,(H,18,23). The molecule has 0 saturated heterocycles. The van der Waals surface area contributed by atoms with Gasteiger partial charge in [0.05, 0.1) is 7.11 Å². The summed E-state index contributed by atoms with van der Waals surface area (Å²) in [6.07, 6.45) is 0.700. The molecule has 0 spiro atoms. The van der Waals surface area contributed by atoms with Crippen molar-refractivity contribution in [1.82, 2.24) is 25.5 Å². The van der Waals surface area contributed by atoms with Gasteiger partial charge in [-0.05, 0) is 23.3 Å². The van der Waals surface area contributed by atoms with Crippen LogP contribution in [0.1, 0.15) is 20.3 Å². The van der Waals surface area contributed by atoms with E-state index >= 15 is 0 Å². The van der Waals surface area contributed by atoms with Gasteiger partial charge in [-0.1, -0.05) is 32.4 Å². The van der Waals surface area contributed by atoms with E-state index in [0.29, 0.717) is 12.0 Å². The van der Waals surface area contributed by atoms with E-state index in [9.17, 15) is 14.0 Å². The molecule has 1 N–H and O–H groups in total. The summed E-state index contributed by atoms with van der Waals surface area (Å²) < 4.78 is 18.0. The van der Waals surface area contributed by atoms with Crippen molar-refractivity contribution in [3.05, 3.63) is 30.1 Å². The van der Waals surface area contributed by atoms with Crippen molar-refractivity contribution < 1.29 is 18.7 Å². The molecule has 2 unspecified atom stereocenters. The van der Waals surface area contributed by atoms with Crippen molar-refractivity contribution in [3.63, 3.8) is 0 Å². The van der Waals surface area contributed by atoms with Crippen LogP contribution in [0.25, 0.3) is 11.4 Å². The summed E-state index contributed by atoms with van der Waals surface area (Å²) in [4.78, 5) is 25.0. The molecule has 0 radical (unpaired) electrons. The topological polar surface area (TPSA) is 99.0 Å². The highest BCUT2D eigenvalue weighted by molar-refractivity contribution is 5.84. The number of nitrogens with one attached hydrogen (secondary N) is 1. The van der Waals surface area contributed by atoms with Crippen LogP contribution in [0, 0.1) is 11.7 Å². The number of carbonyl (C=O) groups is 2. The number of aromatic nitrogens is 4. The van der Waals surface area contributed by atoms with Gasteiger partial charge < -0.3 is 10.1 Å². The molecule has 2 atom stereocenters. The number of amides is 1. The molecule has 8 nitrogen and oxygen atoms in total. The minimum Gasteiger partial charge on any atom is -0.467 e. The summed E-state index contributed by atoms with van der Waals surface area (Å²) in [5.74, 6) is -1.24. The highest BCUT2D eigenvalue weighted by atomic mass is 19.1. The van der Waals surface area contributed by atoms with E-state index in [1.165, 1.54) is 25.3 Å². The Morgan fingerprint density at radius 1 is 1.40 bits per heavy atom. The fourth-order valence-corrected chi connectivity index (χ4v) is 2.20. The summed E-state index contributed by atoms with van der Waals surface area (Å²) in [5.41, 5.74) is 0.457. The van der Waals surface area contributed by atoms with Gasteiger partial charge in [0.2, 0.25) is 11.7 Å². The second-order valence-electron chi connectivity index (χ2n) is 5.61. The van der Waals surface area contributed by atoms with Crippen LogP contribution >= 0.6 is 0 Å². The van der Waals surface area contributed by atoms with Gasteiger partial charge >= 0.3 is 5.97 Å². The molecule has 25 heavy (non-hydrogen) atoms. The van der Waals surface area contributed by atoms with E-state index in [0.717, 1.165) is 4.80 Å². The third-order valence-electron chi connectivity index (χ3n) is 3.81. The normalized spacial score (nSPS) is 13.1. The van der Waals surface area contributed by atoms with Gasteiger partial charge in [-0.2, -0.15) is 4.80 Å². The average Bonchev–Trinajstić information content (AvgIpc) is 3.06. The maximum atomic E-state index is 13.2. The van der Waals surface area contributed by atoms with Gasteiger partial charge in [-0.25, -0.2) is 9.18 Å². The van der Waals surface area contributed by atoms with Crippen LogP contribution in [0.15, 0.2) is 24.3 Å². The Hall–Kier alpha value is -2.84. The summed E-state index contributed by atoms with van der Waals surface area (Å²) in [6, 6.07) is 5.01. The molecular weight excluding hydrogens is 329 g/mol. The Morgan fingerprint density at radius 2 is 2.16 bits per heavy atom. The first-order chi connectivity index (χ1) is 11.9. The summed E-state index contributed by atoms with van der Waals surface area (Å²) in [7, 11) is 1.27. The van der Waals surface area contributed by atoms with Crippen LogP contribution in [0.3, 0.4) is 0 Å². The second kappa shape index (κ2) is 8.32. The molecule has 2 rings (SSSR count). The van der Waals surface area contributed by atoms with Gasteiger partial charge in [0, 0.05) is 5.56 Å². The highest BCUT2D eigenvalue weighted by Gasteiger charge is 2.26. The molecule has 2 aromatic rings. The molecule has 1 heterocycles. The molecule has 0 saturated carbocycles. The number of halogens is 1. The molecule has 1 aromatic heterocycles. The average molecular weight is 349 g/mol. The summed E-state index contributed by atoms with van der Waals surface area (Å²) in [5, 5.41) is 14.3. The molecule has 134 valence electrons. The lowest BCUT2D eigenvalue weighted by molar-refractivity contribution is -0.146. The predicted molar refractivity (Wildman–Crippen MR) is 86.6 cm³/mol. The lowest BCUT2D eigenvalue weighted by atomic mass is 9.99. The number of benzene rings is 1. The lowest BCUT2D eigenvalue weighted by Gasteiger charge is -2.21. The van der Waals surface area contributed by atoms with Crippen molar-refractivity contribution in [2.24, 2.45) is 5.92 Å². The number of ether oxygens (including phenoxy) is 1. The molecule has 1 amide bonds. The second-order valence-corrected chi connectivity index (χ2v) is 5.61. The Bertz CT molecular complexity index is 749. The molecule has 0 bridgehead atoms. The fraction of sp³-hybridized carbons (Fsp3) is 0.438. The maximum absolute atomic E-state index is 13.2. The lowest BCUT2D eigenvalue weighted by Crippen LogP contribution is -2.46. The third kappa shape index (κ3) is 4.82. The minimum absolute atomic E-state index is 0.0806. The van der Waals surface area contributed by atoms with Crippen LogP contribution in [-0.4, -0.2) is 45.2 Å². The van der Waals surface area contributed by atoms with Crippen molar-refractivity contribution in [1.29, 1.82) is 0 Å². The monoisotopic (exact) mass is 349 g/mol. The van der Waals surface area contributed by atoms with Gasteiger partial charge in [0.25, 0.3) is 0 Å². The first-order valence-electron chi connectivity index (χ1n) is 7.85. The van der Waals surface area contributed by atoms with Crippen molar-refractivity contribution in [2.45, 2.75) is 32.9 Å². The van der Waals surface area contributed by atoms with Crippen molar-refractivity contribution >= 4 is 11.9 Å². The zero-order chi connectivity index (χ0) is 18.4. The molecule has 1 aromatic carbocycles. The zero-order valence-corrected chi connectivity index (χ0v) is 14.3. The minimum atomic E-state index is -0.742. The highest BCUT2D eigenvalue weighted by Crippen LogP contribution is 2.14. The molecule has 0 fully saturated rings. The van der Waals surface area contributed by atoms with Crippen LogP contribution < -0.4 is 5.32 Å². The van der Waals surface area contributed by atoms with E-state index in [1.807, 2.05) is 13.8 Å². The smallest absolute Gasteiger partial charge is 0.328 e. The summed E-state index contributed by atoms with van der Waals surface area (Å²) in [6.45, 7) is 3.54. The quantitative estimate of drug-likeness (QED) is 0.754. The van der Waals surface area contributed by atoms with Gasteiger partial charge in [0.15, 0.2) is 0 Å². The van der Waals surface area contributed by atoms with E-state index in [-0.39, 0.29) is 18.3 Å². The van der Waals surface area contributed by atoms with Crippen molar-refractivity contribution in [2.75, 3.05) is 7.11 Å². The molecule has 0 aliphatic heterocycles. The molecular formula is C16H20FN5O3. The van der Waals surface area contributed by atoms with Crippen LogP contribution in [0.2, 0.25) is 0 Å². The maximum Gasteiger partial charge on any atom is 0.328 e. The zero-order valence-electron chi connectivity index (χ0n) is 14.3. The van der Waals surface area contributed by atoms with Gasteiger partial charge in [-0.15, -0.1) is 10.2 Å². The Kier molecular flexibility index (Phi) is 6.15. The number of carbonyl (C=O) groups excluding carboxylic acids is 2. The van der Waals surface area contributed by atoms with Crippen LogP contribution in [0.5, 0.6) is 0 Å². The Labute approximate surface area is 144 Å². The first-order valence-corrected chi connectivity index (χ1v) is 7.85. The number of hydrogen-bond acceptors (Lipinski definition) is 6. The predicted octanol–water partition coefficient (Wildman–Crippen LogP) is 1.18.